The first kappa shape index (κ1) is 79.1. The molecule has 94 heavy (non-hydrogen) atoms. The number of hydrogen-bond acceptors (Lipinski definition) is 15. The molecule has 4 rings (SSSR count). The fourth-order valence-corrected chi connectivity index (χ4v) is 12.8. The maximum atomic E-state index is 14.8. The molecule has 12 amide bonds. The molecule has 2 heterocycles. The van der Waals surface area contributed by atoms with Crippen LogP contribution in [0.2, 0.25) is 0 Å². The third-order valence-corrected chi connectivity index (χ3v) is 18.5. The van der Waals surface area contributed by atoms with Gasteiger partial charge in [0.2, 0.25) is 53.2 Å². The number of amides is 12. The molecule has 0 radical (unpaired) electrons. The number of methoxy groups -OCH3 is 1. The highest BCUT2D eigenvalue weighted by Gasteiger charge is 2.43. The van der Waals surface area contributed by atoms with Gasteiger partial charge in [-0.1, -0.05) is 125 Å². The van der Waals surface area contributed by atoms with Gasteiger partial charge in [-0.25, -0.2) is 9.59 Å². The number of unbranched alkanes of at least 4 members (excludes halogenated alkanes) is 2. The Balaban J connectivity index is 1.36. The van der Waals surface area contributed by atoms with Crippen LogP contribution in [0.5, 0.6) is 0 Å². The minimum absolute atomic E-state index is 0.0566. The Bertz CT molecular complexity index is 2870. The van der Waals surface area contributed by atoms with Crippen LogP contribution >= 0.6 is 12.6 Å². The summed E-state index contributed by atoms with van der Waals surface area (Å²) >= 11 is 4.15. The number of carbonyl (C=O) groups is 11. The number of nitrogens with zero attached hydrogens (tertiary/aromatic N) is 4. The van der Waals surface area contributed by atoms with Crippen molar-refractivity contribution in [1.29, 1.82) is 0 Å². The third kappa shape index (κ3) is 23.0. The third-order valence-electron chi connectivity index (χ3n) is 18.1. The van der Waals surface area contributed by atoms with E-state index in [9.17, 15) is 57.8 Å². The number of thiol groups is 1. The number of nitrogens with two attached hydrogens (primary N) is 1. The number of hydrogen-bond donors (Lipinski definition) is 9. The zero-order valence-corrected chi connectivity index (χ0v) is 58.5. The summed E-state index contributed by atoms with van der Waals surface area (Å²) in [5.41, 5.74) is 6.80. The molecule has 0 spiro atoms. The summed E-state index contributed by atoms with van der Waals surface area (Å²) in [4.78, 5) is 153. The first-order valence-corrected chi connectivity index (χ1v) is 33.7. The maximum absolute atomic E-state index is 14.8. The van der Waals surface area contributed by atoms with Gasteiger partial charge in [0.05, 0.1) is 35.5 Å². The van der Waals surface area contributed by atoms with E-state index in [0.717, 1.165) is 6.42 Å². The van der Waals surface area contributed by atoms with Crippen molar-refractivity contribution in [2.75, 3.05) is 46.2 Å². The fraction of sp³-hybridized carbons (Fsp3) is 0.662. The average molecular weight is 1330 g/mol. The number of primary amides is 1. The summed E-state index contributed by atoms with van der Waals surface area (Å²) in [7, 11) is 4.67. The molecule has 25 nitrogen and oxygen atoms in total. The maximum Gasteiger partial charge on any atom is 0.410 e. The van der Waals surface area contributed by atoms with Gasteiger partial charge in [0.25, 0.3) is 0 Å². The number of nitrogens with one attached hydrogen (secondary N) is 6. The van der Waals surface area contributed by atoms with Gasteiger partial charge >= 0.3 is 12.1 Å². The standard InChI is InChI=1S/C68H107N11O14S/c1-15-42(8)58(43(9)36-53(81)78-35-23-27-50(78)60(92-14)44(10)61(84)71-45(11)59(83)47-24-18-16-19-25-47)76(12)66(89)56(40(4)5)75-64(87)57(41(6)7)77(13)68(91)93-38-46-29-31-48(32-30-46)72-62(85)49(26-22-33-70-67(69)90)73-63(86)55(39(2)3)74-52(80)28-20-17-21-34-79-54(82)37-51(94)65(79)88/h16,18-19,24-25,29-32,39-45,49-51,55-60,83,94H,15,17,20-23,26-28,33-38H2,1-14H3,(H,71,84)(H,72,85)(H,73,86)(H,74,80)(H,75,87)(H3,69,70,90)/t42-,43+,44+,45+,49-,50-,51?,55-,56-,57-,58-,59+,60+/m0/s1. The molecule has 0 saturated carbocycles. The lowest BCUT2D eigenvalue weighted by molar-refractivity contribution is -0.144. The highest BCUT2D eigenvalue weighted by Crippen LogP contribution is 2.32. The van der Waals surface area contributed by atoms with Crippen LogP contribution in [0.25, 0.3) is 0 Å². The van der Waals surface area contributed by atoms with Crippen molar-refractivity contribution >= 4 is 83.6 Å². The average Bonchev–Trinajstić information content (AvgIpc) is 1.36. The summed E-state index contributed by atoms with van der Waals surface area (Å²) in [6.45, 7) is 20.8. The van der Waals surface area contributed by atoms with E-state index in [1.165, 1.54) is 24.0 Å². The molecule has 0 bridgehead atoms. The van der Waals surface area contributed by atoms with E-state index in [-0.39, 0.29) is 117 Å². The van der Waals surface area contributed by atoms with Crippen LogP contribution in [0.1, 0.15) is 164 Å². The second-order valence-corrected chi connectivity index (χ2v) is 27.0. The first-order valence-electron chi connectivity index (χ1n) is 33.2. The molecule has 0 aromatic heterocycles. The topological polar surface area (TPSA) is 338 Å². The van der Waals surface area contributed by atoms with Crippen LogP contribution in [0, 0.1) is 35.5 Å². The Hall–Kier alpha value is -7.32. The van der Waals surface area contributed by atoms with E-state index < -0.39 is 95.4 Å². The number of aliphatic hydroxyl groups excluding tert-OH is 1. The highest BCUT2D eigenvalue weighted by molar-refractivity contribution is 7.81. The Morgan fingerprint density at radius 2 is 1.39 bits per heavy atom. The smallest absolute Gasteiger partial charge is 0.410 e. The number of imide groups is 1. The van der Waals surface area contributed by atoms with E-state index >= 15 is 0 Å². The molecule has 2 fully saturated rings. The second-order valence-electron chi connectivity index (χ2n) is 26.4. The summed E-state index contributed by atoms with van der Waals surface area (Å²) in [6.07, 6.45) is 1.78. The Morgan fingerprint density at radius 1 is 0.745 bits per heavy atom. The van der Waals surface area contributed by atoms with Gasteiger partial charge in [-0.3, -0.25) is 53.0 Å². The van der Waals surface area contributed by atoms with Gasteiger partial charge in [-0.05, 0) is 98.3 Å². The molecule has 2 saturated heterocycles. The molecule has 13 atom stereocenters. The molecule has 0 aliphatic carbocycles. The van der Waals surface area contributed by atoms with Crippen molar-refractivity contribution in [3.8, 4) is 0 Å². The zero-order valence-electron chi connectivity index (χ0n) is 57.6. The summed E-state index contributed by atoms with van der Waals surface area (Å²) in [5.74, 6) is -5.75. The van der Waals surface area contributed by atoms with Crippen LogP contribution in [-0.2, 0) is 59.2 Å². The number of likely N-dealkylation sites (N-methyl/N-ethyl adjacent to an activating group) is 2. The number of likely N-dealkylation sites (tertiary alicyclic amines) is 2. The number of anilines is 1. The quantitative estimate of drug-likeness (QED) is 0.0218. The van der Waals surface area contributed by atoms with Crippen molar-refractivity contribution < 1.29 is 67.3 Å². The van der Waals surface area contributed by atoms with Gasteiger partial charge in [-0.15, -0.1) is 0 Å². The molecule has 2 aliphatic rings. The SMILES string of the molecule is CC[C@H](C)[C@@H]([C@H](C)CC(=O)N1CCC[C@H]1[C@H](OC)[C@@H](C)C(=O)N[C@H](C)[C@@H](O)c1ccccc1)N(C)C(=O)[C@@H](NC(=O)[C@H](C(C)C)N(C)C(=O)OCc1ccc(NC(=O)[C@H](CCCNC(N)=O)NC(=O)[C@@H](NC(=O)CCCCCN2C(=O)CC(S)C2=O)C(C)C)cc1)C(C)C. The normalized spacial score (nSPS) is 18.4. The van der Waals surface area contributed by atoms with Gasteiger partial charge in [0, 0.05) is 71.8 Å². The lowest BCUT2D eigenvalue weighted by Gasteiger charge is -2.41. The summed E-state index contributed by atoms with van der Waals surface area (Å²) in [5, 5.41) is 27.0. The fourth-order valence-electron chi connectivity index (χ4n) is 12.5. The van der Waals surface area contributed by atoms with Crippen molar-refractivity contribution in [2.24, 2.45) is 41.2 Å². The molecule has 1 unspecified atom stereocenters. The minimum Gasteiger partial charge on any atom is -0.445 e. The number of ether oxygens (including phenoxy) is 2. The van der Waals surface area contributed by atoms with Crippen molar-refractivity contribution in [3.63, 3.8) is 0 Å². The first-order chi connectivity index (χ1) is 44.3. The van der Waals surface area contributed by atoms with Gasteiger partial charge < -0.3 is 62.0 Å². The van der Waals surface area contributed by atoms with E-state index in [0.29, 0.717) is 55.5 Å². The molecular formula is C68H107N11O14S. The van der Waals surface area contributed by atoms with Crippen LogP contribution in [-0.4, -0.2) is 184 Å². The Morgan fingerprint density at radius 3 is 1.97 bits per heavy atom. The van der Waals surface area contributed by atoms with Crippen molar-refractivity contribution in [3.05, 3.63) is 65.7 Å². The Kier molecular flexibility index (Phi) is 32.2. The monoisotopic (exact) mass is 1330 g/mol. The lowest BCUT2D eigenvalue weighted by Crippen LogP contribution is -2.59. The van der Waals surface area contributed by atoms with E-state index in [4.69, 9.17) is 15.2 Å². The number of rotatable bonds is 37. The van der Waals surface area contributed by atoms with Crippen LogP contribution in [0.15, 0.2) is 54.6 Å². The largest absolute Gasteiger partial charge is 0.445 e. The Labute approximate surface area is 561 Å². The minimum atomic E-state index is -1.11. The number of benzene rings is 2. The molecular weight excluding hydrogens is 1230 g/mol. The predicted octanol–water partition coefficient (Wildman–Crippen LogP) is 5.83. The van der Waals surface area contributed by atoms with E-state index in [2.05, 4.69) is 44.5 Å². The van der Waals surface area contributed by atoms with Gasteiger partial charge in [-0.2, -0.15) is 12.6 Å². The molecule has 2 aromatic carbocycles. The predicted molar refractivity (Wildman–Crippen MR) is 360 cm³/mol. The van der Waals surface area contributed by atoms with E-state index in [1.807, 2.05) is 52.8 Å². The highest BCUT2D eigenvalue weighted by atomic mass is 32.1. The summed E-state index contributed by atoms with van der Waals surface area (Å²) < 4.78 is 11.7. The van der Waals surface area contributed by atoms with E-state index in [1.54, 1.807) is 94.8 Å². The number of aliphatic hydroxyl groups is 1. The zero-order chi connectivity index (χ0) is 70.3. The second kappa shape index (κ2) is 38.3. The summed E-state index contributed by atoms with van der Waals surface area (Å²) in [6, 6.07) is 9.16. The molecule has 9 N–H and O–H groups in total. The number of urea groups is 1. The molecule has 2 aliphatic heterocycles. The van der Waals surface area contributed by atoms with Crippen LogP contribution < -0.4 is 37.6 Å². The van der Waals surface area contributed by atoms with Crippen LogP contribution in [0.4, 0.5) is 15.3 Å². The van der Waals surface area contributed by atoms with Gasteiger partial charge in [0.1, 0.15) is 30.8 Å². The van der Waals surface area contributed by atoms with Crippen molar-refractivity contribution in [2.45, 2.75) is 213 Å². The molecule has 2 aromatic rings. The lowest BCUT2D eigenvalue weighted by atomic mass is 9.84. The number of carbonyl (C=O) groups excluding carboxylic acids is 11. The van der Waals surface area contributed by atoms with Crippen molar-refractivity contribution in [1.82, 2.24) is 46.2 Å². The van der Waals surface area contributed by atoms with Crippen LogP contribution in [0.3, 0.4) is 0 Å². The molecule has 26 heteroatoms. The van der Waals surface area contributed by atoms with Gasteiger partial charge in [0.15, 0.2) is 0 Å². The molecule has 524 valence electrons.